The number of benzene rings is 1. The van der Waals surface area contributed by atoms with Crippen LogP contribution >= 0.6 is 0 Å². The molecule has 1 aliphatic rings. The third-order valence-corrected chi connectivity index (χ3v) is 3.47. The van der Waals surface area contributed by atoms with Crippen LogP contribution in [0.3, 0.4) is 0 Å². The van der Waals surface area contributed by atoms with E-state index in [1.54, 1.807) is 12.0 Å². The minimum Gasteiger partial charge on any atom is -0.497 e. The van der Waals surface area contributed by atoms with Gasteiger partial charge in [0.1, 0.15) is 5.75 Å². The number of rotatable bonds is 5. The molecule has 0 saturated carbocycles. The Morgan fingerprint density at radius 3 is 2.55 bits per heavy atom. The largest absolute Gasteiger partial charge is 0.497 e. The Morgan fingerprint density at radius 2 is 1.95 bits per heavy atom. The summed E-state index contributed by atoms with van der Waals surface area (Å²) >= 11 is 0. The number of hydrogen-bond donors (Lipinski definition) is 0. The number of amides is 1. The lowest BCUT2D eigenvalue weighted by Crippen LogP contribution is -2.43. The van der Waals surface area contributed by atoms with Crippen LogP contribution in [0.25, 0.3) is 0 Å². The minimum absolute atomic E-state index is 0.141. The average molecular weight is 278 g/mol. The summed E-state index contributed by atoms with van der Waals surface area (Å²) < 4.78 is 10.4. The zero-order valence-corrected chi connectivity index (χ0v) is 12.2. The van der Waals surface area contributed by atoms with Crippen molar-refractivity contribution in [3.8, 4) is 5.75 Å². The first kappa shape index (κ1) is 14.8. The van der Waals surface area contributed by atoms with E-state index in [0.717, 1.165) is 37.6 Å². The Hall–Kier alpha value is -1.59. The van der Waals surface area contributed by atoms with Crippen molar-refractivity contribution < 1.29 is 14.3 Å². The Kier molecular flexibility index (Phi) is 5.38. The van der Waals surface area contributed by atoms with Crippen LogP contribution in [0.1, 0.15) is 5.56 Å². The summed E-state index contributed by atoms with van der Waals surface area (Å²) in [6.07, 6.45) is 0. The molecule has 1 aromatic rings. The number of nitrogens with zero attached hydrogens (tertiary/aromatic N) is 2. The third-order valence-electron chi connectivity index (χ3n) is 3.47. The molecule has 0 N–H and O–H groups in total. The van der Waals surface area contributed by atoms with Gasteiger partial charge in [-0.2, -0.15) is 0 Å². The molecular weight excluding hydrogens is 256 g/mol. The Balaban J connectivity index is 1.83. The summed E-state index contributed by atoms with van der Waals surface area (Å²) in [4.78, 5) is 16.1. The monoisotopic (exact) mass is 278 g/mol. The van der Waals surface area contributed by atoms with Gasteiger partial charge in [0, 0.05) is 26.7 Å². The van der Waals surface area contributed by atoms with Crippen LogP contribution in [-0.2, 0) is 16.1 Å². The molecule has 1 saturated heterocycles. The van der Waals surface area contributed by atoms with E-state index >= 15 is 0 Å². The standard InChI is InChI=1S/C15H22N2O3/c1-16(11-13-3-5-14(19-2)6-4-13)15(18)12-17-7-9-20-10-8-17/h3-6H,7-12H2,1-2H3. The van der Waals surface area contributed by atoms with Crippen LogP contribution in [0.2, 0.25) is 0 Å². The normalized spacial score (nSPS) is 15.9. The van der Waals surface area contributed by atoms with Gasteiger partial charge in [0.2, 0.25) is 5.91 Å². The van der Waals surface area contributed by atoms with Crippen molar-refractivity contribution in [3.05, 3.63) is 29.8 Å². The predicted molar refractivity (Wildman–Crippen MR) is 76.7 cm³/mol. The van der Waals surface area contributed by atoms with Gasteiger partial charge in [-0.1, -0.05) is 12.1 Å². The molecule has 0 atom stereocenters. The molecule has 1 heterocycles. The molecule has 0 bridgehead atoms. The highest BCUT2D eigenvalue weighted by atomic mass is 16.5. The van der Waals surface area contributed by atoms with E-state index in [0.29, 0.717) is 13.1 Å². The maximum Gasteiger partial charge on any atom is 0.236 e. The summed E-state index contributed by atoms with van der Waals surface area (Å²) in [7, 11) is 3.49. The predicted octanol–water partition coefficient (Wildman–Crippen LogP) is 0.986. The maximum absolute atomic E-state index is 12.2. The van der Waals surface area contributed by atoms with E-state index in [4.69, 9.17) is 9.47 Å². The van der Waals surface area contributed by atoms with Crippen LogP contribution in [-0.4, -0.2) is 62.7 Å². The molecule has 0 radical (unpaired) electrons. The number of carbonyl (C=O) groups is 1. The molecule has 1 amide bonds. The highest BCUT2D eigenvalue weighted by molar-refractivity contribution is 5.78. The number of likely N-dealkylation sites (N-methyl/N-ethyl adjacent to an activating group) is 1. The van der Waals surface area contributed by atoms with Gasteiger partial charge in [0.15, 0.2) is 0 Å². The van der Waals surface area contributed by atoms with E-state index in [-0.39, 0.29) is 5.91 Å². The number of ether oxygens (including phenoxy) is 2. The molecule has 5 heteroatoms. The van der Waals surface area contributed by atoms with E-state index in [9.17, 15) is 4.79 Å². The van der Waals surface area contributed by atoms with Crippen molar-refractivity contribution in [1.29, 1.82) is 0 Å². The number of methoxy groups -OCH3 is 1. The van der Waals surface area contributed by atoms with E-state index in [1.165, 1.54) is 0 Å². The topological polar surface area (TPSA) is 42.0 Å². The summed E-state index contributed by atoms with van der Waals surface area (Å²) in [5.41, 5.74) is 1.10. The Bertz CT molecular complexity index is 427. The molecule has 0 spiro atoms. The van der Waals surface area contributed by atoms with Crippen LogP contribution in [0.4, 0.5) is 0 Å². The van der Waals surface area contributed by atoms with Gasteiger partial charge in [-0.3, -0.25) is 9.69 Å². The summed E-state index contributed by atoms with van der Waals surface area (Å²) in [6, 6.07) is 7.79. The average Bonchev–Trinajstić information content (AvgIpc) is 2.49. The van der Waals surface area contributed by atoms with E-state index in [2.05, 4.69) is 4.90 Å². The first-order valence-electron chi connectivity index (χ1n) is 6.86. The zero-order chi connectivity index (χ0) is 14.4. The fourth-order valence-corrected chi connectivity index (χ4v) is 2.16. The molecule has 0 unspecified atom stereocenters. The second-order valence-corrected chi connectivity index (χ2v) is 4.99. The molecule has 1 fully saturated rings. The lowest BCUT2D eigenvalue weighted by molar-refractivity contribution is -0.132. The summed E-state index contributed by atoms with van der Waals surface area (Å²) in [5.74, 6) is 0.971. The molecule has 0 aromatic heterocycles. The van der Waals surface area contributed by atoms with Gasteiger partial charge in [-0.05, 0) is 17.7 Å². The molecule has 1 aliphatic heterocycles. The second-order valence-electron chi connectivity index (χ2n) is 4.99. The highest BCUT2D eigenvalue weighted by Crippen LogP contribution is 2.12. The molecule has 20 heavy (non-hydrogen) atoms. The zero-order valence-electron chi connectivity index (χ0n) is 12.2. The maximum atomic E-state index is 12.2. The van der Waals surface area contributed by atoms with E-state index < -0.39 is 0 Å². The lowest BCUT2D eigenvalue weighted by Gasteiger charge is -2.28. The van der Waals surface area contributed by atoms with Gasteiger partial charge < -0.3 is 14.4 Å². The smallest absolute Gasteiger partial charge is 0.236 e. The summed E-state index contributed by atoms with van der Waals surface area (Å²) in [5, 5.41) is 0. The number of carbonyl (C=O) groups excluding carboxylic acids is 1. The molecule has 1 aromatic carbocycles. The molecule has 5 nitrogen and oxygen atoms in total. The highest BCUT2D eigenvalue weighted by Gasteiger charge is 2.16. The third kappa shape index (κ3) is 4.21. The lowest BCUT2D eigenvalue weighted by atomic mass is 10.2. The van der Waals surface area contributed by atoms with Crippen molar-refractivity contribution in [2.45, 2.75) is 6.54 Å². The SMILES string of the molecule is COc1ccc(CN(C)C(=O)CN2CCOCC2)cc1. The quantitative estimate of drug-likeness (QED) is 0.805. The second kappa shape index (κ2) is 7.26. The number of hydrogen-bond acceptors (Lipinski definition) is 4. The fraction of sp³-hybridized carbons (Fsp3) is 0.533. The Labute approximate surface area is 120 Å². The molecule has 2 rings (SSSR count). The Morgan fingerprint density at radius 1 is 1.30 bits per heavy atom. The fourth-order valence-electron chi connectivity index (χ4n) is 2.16. The van der Waals surface area contributed by atoms with Gasteiger partial charge in [0.25, 0.3) is 0 Å². The van der Waals surface area contributed by atoms with Crippen LogP contribution < -0.4 is 4.74 Å². The van der Waals surface area contributed by atoms with Crippen molar-refractivity contribution in [1.82, 2.24) is 9.80 Å². The summed E-state index contributed by atoms with van der Waals surface area (Å²) in [6.45, 7) is 4.19. The van der Waals surface area contributed by atoms with Crippen molar-refractivity contribution in [2.75, 3.05) is 47.0 Å². The van der Waals surface area contributed by atoms with E-state index in [1.807, 2.05) is 31.3 Å². The van der Waals surface area contributed by atoms with Crippen molar-refractivity contribution >= 4 is 5.91 Å². The van der Waals surface area contributed by atoms with Crippen molar-refractivity contribution in [2.24, 2.45) is 0 Å². The van der Waals surface area contributed by atoms with Crippen LogP contribution in [0, 0.1) is 0 Å². The van der Waals surface area contributed by atoms with Crippen LogP contribution in [0.5, 0.6) is 5.75 Å². The van der Waals surface area contributed by atoms with Gasteiger partial charge >= 0.3 is 0 Å². The first-order chi connectivity index (χ1) is 9.69. The molecule has 110 valence electrons. The minimum atomic E-state index is 0.141. The molecule has 0 aliphatic carbocycles. The van der Waals surface area contributed by atoms with Gasteiger partial charge in [0.05, 0.1) is 26.9 Å². The van der Waals surface area contributed by atoms with Crippen molar-refractivity contribution in [3.63, 3.8) is 0 Å². The van der Waals surface area contributed by atoms with Gasteiger partial charge in [-0.25, -0.2) is 0 Å². The first-order valence-corrected chi connectivity index (χ1v) is 6.86. The molecular formula is C15H22N2O3. The number of morpholine rings is 1. The van der Waals surface area contributed by atoms with Crippen LogP contribution in [0.15, 0.2) is 24.3 Å². The van der Waals surface area contributed by atoms with Gasteiger partial charge in [-0.15, -0.1) is 0 Å².